The minimum Gasteiger partial charge on any atom is -0.318 e. The summed E-state index contributed by atoms with van der Waals surface area (Å²) in [4.78, 5) is 12.4. The van der Waals surface area contributed by atoms with E-state index in [0.29, 0.717) is 12.5 Å². The van der Waals surface area contributed by atoms with Crippen LogP contribution in [0.25, 0.3) is 0 Å². The van der Waals surface area contributed by atoms with Gasteiger partial charge in [-0.3, -0.25) is 9.48 Å². The summed E-state index contributed by atoms with van der Waals surface area (Å²) >= 11 is 0. The number of halogens is 2. The number of rotatable bonds is 4. The SMILES string of the molecule is O=C(Nc1ccc(F)cc1F)c1cc(C2CC2)n(C2CCS(=O)(=O)C2)n1. The summed E-state index contributed by atoms with van der Waals surface area (Å²) in [5, 5.41) is 6.69. The van der Waals surface area contributed by atoms with E-state index in [9.17, 15) is 22.0 Å². The third-order valence-electron chi connectivity index (χ3n) is 4.73. The maximum absolute atomic E-state index is 13.7. The Labute approximate surface area is 149 Å². The Morgan fingerprint density at radius 3 is 2.58 bits per heavy atom. The summed E-state index contributed by atoms with van der Waals surface area (Å²) in [5.74, 6) is -1.82. The molecule has 1 N–H and O–H groups in total. The number of hydrogen-bond donors (Lipinski definition) is 1. The van der Waals surface area contributed by atoms with Crippen molar-refractivity contribution in [3.05, 3.63) is 47.3 Å². The highest BCUT2D eigenvalue weighted by Crippen LogP contribution is 2.42. The maximum Gasteiger partial charge on any atom is 0.276 e. The van der Waals surface area contributed by atoms with E-state index >= 15 is 0 Å². The highest BCUT2D eigenvalue weighted by molar-refractivity contribution is 7.91. The van der Waals surface area contributed by atoms with Crippen LogP contribution in [0.2, 0.25) is 0 Å². The van der Waals surface area contributed by atoms with Gasteiger partial charge in [-0.2, -0.15) is 5.10 Å². The lowest BCUT2D eigenvalue weighted by atomic mass is 10.2. The van der Waals surface area contributed by atoms with Crippen LogP contribution in [0.4, 0.5) is 14.5 Å². The Bertz CT molecular complexity index is 983. The zero-order valence-electron chi connectivity index (χ0n) is 13.8. The maximum atomic E-state index is 13.7. The van der Waals surface area contributed by atoms with Gasteiger partial charge in [0.1, 0.15) is 11.6 Å². The van der Waals surface area contributed by atoms with Crippen LogP contribution in [0.15, 0.2) is 24.3 Å². The van der Waals surface area contributed by atoms with E-state index < -0.39 is 27.4 Å². The summed E-state index contributed by atoms with van der Waals surface area (Å²) in [6.45, 7) is 0. The van der Waals surface area contributed by atoms with Gasteiger partial charge in [0.25, 0.3) is 5.91 Å². The summed E-state index contributed by atoms with van der Waals surface area (Å²) in [5.41, 5.74) is 0.805. The first-order valence-corrected chi connectivity index (χ1v) is 10.2. The highest BCUT2D eigenvalue weighted by Gasteiger charge is 2.36. The van der Waals surface area contributed by atoms with Crippen molar-refractivity contribution in [2.24, 2.45) is 0 Å². The molecule has 1 aliphatic heterocycles. The van der Waals surface area contributed by atoms with Gasteiger partial charge in [-0.15, -0.1) is 0 Å². The van der Waals surface area contributed by atoms with Crippen molar-refractivity contribution in [2.75, 3.05) is 16.8 Å². The number of amides is 1. The average Bonchev–Trinajstić information content (AvgIpc) is 3.21. The Hall–Kier alpha value is -2.29. The van der Waals surface area contributed by atoms with Crippen LogP contribution in [0, 0.1) is 11.6 Å². The largest absolute Gasteiger partial charge is 0.318 e. The van der Waals surface area contributed by atoms with Gasteiger partial charge in [0.15, 0.2) is 15.5 Å². The van der Waals surface area contributed by atoms with E-state index in [-0.39, 0.29) is 34.8 Å². The van der Waals surface area contributed by atoms with E-state index in [2.05, 4.69) is 10.4 Å². The normalized spacial score (nSPS) is 21.7. The van der Waals surface area contributed by atoms with Crippen LogP contribution < -0.4 is 5.32 Å². The van der Waals surface area contributed by atoms with Crippen LogP contribution in [-0.2, 0) is 9.84 Å². The summed E-state index contributed by atoms with van der Waals surface area (Å²) in [6.07, 6.45) is 2.41. The predicted molar refractivity (Wildman–Crippen MR) is 90.8 cm³/mol. The molecule has 2 heterocycles. The molecule has 2 aliphatic rings. The number of nitrogens with one attached hydrogen (secondary N) is 1. The average molecular weight is 381 g/mol. The van der Waals surface area contributed by atoms with Crippen molar-refractivity contribution in [2.45, 2.75) is 31.2 Å². The fourth-order valence-electron chi connectivity index (χ4n) is 3.24. The molecule has 1 atom stereocenters. The quantitative estimate of drug-likeness (QED) is 0.883. The van der Waals surface area contributed by atoms with Gasteiger partial charge in [-0.1, -0.05) is 0 Å². The molecule has 0 spiro atoms. The first kappa shape index (κ1) is 17.1. The lowest BCUT2D eigenvalue weighted by molar-refractivity contribution is 0.102. The number of carbonyl (C=O) groups excluding carboxylic acids is 1. The number of aromatic nitrogens is 2. The van der Waals surface area contributed by atoms with Crippen molar-refractivity contribution < 1.29 is 22.0 Å². The molecule has 4 rings (SSSR count). The van der Waals surface area contributed by atoms with Gasteiger partial charge in [-0.25, -0.2) is 17.2 Å². The Kier molecular flexibility index (Phi) is 4.06. The molecule has 1 unspecified atom stereocenters. The van der Waals surface area contributed by atoms with Crippen LogP contribution in [0.5, 0.6) is 0 Å². The van der Waals surface area contributed by atoms with E-state index in [4.69, 9.17) is 0 Å². The molecule has 26 heavy (non-hydrogen) atoms. The molecular weight excluding hydrogens is 364 g/mol. The molecule has 138 valence electrons. The zero-order valence-corrected chi connectivity index (χ0v) is 14.6. The number of carbonyl (C=O) groups is 1. The summed E-state index contributed by atoms with van der Waals surface area (Å²) < 4.78 is 51.9. The van der Waals surface area contributed by atoms with E-state index in [1.165, 1.54) is 0 Å². The highest BCUT2D eigenvalue weighted by atomic mass is 32.2. The lowest BCUT2D eigenvalue weighted by Gasteiger charge is -2.12. The Morgan fingerprint density at radius 1 is 1.19 bits per heavy atom. The van der Waals surface area contributed by atoms with Crippen molar-refractivity contribution in [1.82, 2.24) is 9.78 Å². The van der Waals surface area contributed by atoms with Gasteiger partial charge in [0, 0.05) is 17.7 Å². The predicted octanol–water partition coefficient (Wildman–Crippen LogP) is 2.65. The second kappa shape index (κ2) is 6.15. The van der Waals surface area contributed by atoms with E-state index in [0.717, 1.165) is 30.7 Å². The fourth-order valence-corrected chi connectivity index (χ4v) is 4.93. The van der Waals surface area contributed by atoms with Crippen molar-refractivity contribution >= 4 is 21.4 Å². The van der Waals surface area contributed by atoms with E-state index in [1.807, 2.05) is 0 Å². The molecule has 1 saturated heterocycles. The third kappa shape index (κ3) is 3.35. The molecule has 1 aromatic heterocycles. The monoisotopic (exact) mass is 381 g/mol. The van der Waals surface area contributed by atoms with E-state index in [1.54, 1.807) is 10.7 Å². The Morgan fingerprint density at radius 2 is 1.96 bits per heavy atom. The lowest BCUT2D eigenvalue weighted by Crippen LogP contribution is -2.17. The van der Waals surface area contributed by atoms with Crippen LogP contribution in [0.1, 0.15) is 47.4 Å². The molecule has 2 fully saturated rings. The second-order valence-corrected chi connectivity index (χ2v) is 9.04. The molecule has 1 aromatic carbocycles. The van der Waals surface area contributed by atoms with Crippen molar-refractivity contribution in [3.63, 3.8) is 0 Å². The summed E-state index contributed by atoms with van der Waals surface area (Å²) in [7, 11) is -3.08. The van der Waals surface area contributed by atoms with Gasteiger partial charge in [0.05, 0.1) is 23.2 Å². The molecule has 2 aromatic rings. The first-order chi connectivity index (χ1) is 12.3. The van der Waals surface area contributed by atoms with Gasteiger partial charge < -0.3 is 5.32 Å². The standard InChI is InChI=1S/C17H17F2N3O3S/c18-11-3-4-14(13(19)7-11)20-17(23)15-8-16(10-1-2-10)22(21-15)12-5-6-26(24,25)9-12/h3-4,7-8,10,12H,1-2,5-6,9H2,(H,20,23). The second-order valence-electron chi connectivity index (χ2n) is 6.81. The molecular formula is C17H17F2N3O3S. The zero-order chi connectivity index (χ0) is 18.5. The molecule has 1 saturated carbocycles. The number of sulfone groups is 1. The van der Waals surface area contributed by atoms with Crippen LogP contribution >= 0.6 is 0 Å². The molecule has 1 aliphatic carbocycles. The smallest absolute Gasteiger partial charge is 0.276 e. The molecule has 9 heteroatoms. The number of benzene rings is 1. The minimum absolute atomic E-state index is 0.0159. The number of anilines is 1. The topological polar surface area (TPSA) is 81.1 Å². The number of nitrogens with zero attached hydrogens (tertiary/aromatic N) is 2. The van der Waals surface area contributed by atoms with Gasteiger partial charge >= 0.3 is 0 Å². The van der Waals surface area contributed by atoms with Gasteiger partial charge in [0.2, 0.25) is 0 Å². The molecule has 0 radical (unpaired) electrons. The van der Waals surface area contributed by atoms with Crippen molar-refractivity contribution in [3.8, 4) is 0 Å². The van der Waals surface area contributed by atoms with Crippen LogP contribution in [-0.4, -0.2) is 35.6 Å². The first-order valence-electron chi connectivity index (χ1n) is 8.39. The molecule has 1 amide bonds. The van der Waals surface area contributed by atoms with Gasteiger partial charge in [-0.05, 0) is 37.5 Å². The summed E-state index contributed by atoms with van der Waals surface area (Å²) in [6, 6.07) is 4.24. The van der Waals surface area contributed by atoms with Crippen molar-refractivity contribution in [1.29, 1.82) is 0 Å². The number of hydrogen-bond acceptors (Lipinski definition) is 4. The van der Waals surface area contributed by atoms with Crippen LogP contribution in [0.3, 0.4) is 0 Å². The molecule has 6 nitrogen and oxygen atoms in total. The minimum atomic E-state index is -3.08. The third-order valence-corrected chi connectivity index (χ3v) is 6.48. The molecule has 0 bridgehead atoms. The Balaban J connectivity index is 1.60. The fraction of sp³-hybridized carbons (Fsp3) is 0.412.